The molecule has 3 nitrogen and oxygen atoms in total. The van der Waals surface area contributed by atoms with Crippen LogP contribution in [0.25, 0.3) is 0 Å². The van der Waals surface area contributed by atoms with E-state index in [1.165, 1.54) is 0 Å². The molecule has 1 rings (SSSR count). The highest BCUT2D eigenvalue weighted by Gasteiger charge is 2.01. The Morgan fingerprint density at radius 2 is 2.47 bits per heavy atom. The molecule has 3 heteroatoms. The Bertz CT molecular complexity index is 398. The molecule has 0 fully saturated rings. The molecule has 0 bridgehead atoms. The Balaban J connectivity index is 2.59. The summed E-state index contributed by atoms with van der Waals surface area (Å²) in [6.07, 6.45) is 7.85. The van der Waals surface area contributed by atoms with E-state index in [0.717, 1.165) is 12.0 Å². The monoisotopic (exact) mass is 199 g/mol. The highest BCUT2D eigenvalue weighted by Crippen LogP contribution is 2.01. The largest absolute Gasteiger partial charge is 0.300 e. The van der Waals surface area contributed by atoms with Crippen LogP contribution >= 0.6 is 0 Å². The zero-order valence-corrected chi connectivity index (χ0v) is 8.70. The Morgan fingerprint density at radius 3 is 3.07 bits per heavy atom. The van der Waals surface area contributed by atoms with E-state index in [0.29, 0.717) is 12.2 Å². The lowest BCUT2D eigenvalue weighted by atomic mass is 10.2. The normalized spacial score (nSPS) is 11.4. The van der Waals surface area contributed by atoms with Gasteiger partial charge in [-0.1, -0.05) is 12.8 Å². The maximum Gasteiger partial charge on any atom is 0.140 e. The molecule has 0 aliphatic heterocycles. The molecule has 1 atom stereocenters. The number of terminal acetylenes is 1. The van der Waals surface area contributed by atoms with E-state index in [4.69, 9.17) is 11.7 Å². The van der Waals surface area contributed by atoms with Crippen LogP contribution in [0.3, 0.4) is 0 Å². The van der Waals surface area contributed by atoms with Crippen LogP contribution in [-0.2, 0) is 6.54 Å². The minimum Gasteiger partial charge on any atom is -0.300 e. The average Bonchev–Trinajstić information content (AvgIpc) is 2.31. The van der Waals surface area contributed by atoms with Gasteiger partial charge in [0.2, 0.25) is 0 Å². The van der Waals surface area contributed by atoms with Crippen LogP contribution < -0.4 is 5.32 Å². The van der Waals surface area contributed by atoms with Crippen LogP contribution in [0, 0.1) is 23.7 Å². The summed E-state index contributed by atoms with van der Waals surface area (Å²) in [7, 11) is 0. The molecule has 1 N–H and O–H groups in total. The van der Waals surface area contributed by atoms with Gasteiger partial charge in [0.15, 0.2) is 0 Å². The minimum absolute atomic E-state index is 0.0868. The average molecular weight is 199 g/mol. The third-order valence-electron chi connectivity index (χ3n) is 2.10. The quantitative estimate of drug-likeness (QED) is 0.747. The molecule has 0 saturated heterocycles. The summed E-state index contributed by atoms with van der Waals surface area (Å²) >= 11 is 0. The van der Waals surface area contributed by atoms with Crippen molar-refractivity contribution in [2.24, 2.45) is 0 Å². The summed E-state index contributed by atoms with van der Waals surface area (Å²) in [4.78, 5) is 3.90. The number of rotatable bonds is 4. The van der Waals surface area contributed by atoms with E-state index < -0.39 is 0 Å². The van der Waals surface area contributed by atoms with Gasteiger partial charge in [-0.3, -0.25) is 5.32 Å². The molecule has 0 radical (unpaired) electrons. The smallest absolute Gasteiger partial charge is 0.140 e. The van der Waals surface area contributed by atoms with E-state index in [-0.39, 0.29) is 6.04 Å². The van der Waals surface area contributed by atoms with E-state index >= 15 is 0 Å². The lowest BCUT2D eigenvalue weighted by Crippen LogP contribution is -2.26. The first-order valence-corrected chi connectivity index (χ1v) is 4.84. The van der Waals surface area contributed by atoms with Crippen LogP contribution in [0.1, 0.15) is 24.6 Å². The van der Waals surface area contributed by atoms with Crippen molar-refractivity contribution in [3.8, 4) is 18.4 Å². The zero-order valence-electron chi connectivity index (χ0n) is 8.70. The summed E-state index contributed by atoms with van der Waals surface area (Å²) in [6.45, 7) is 2.70. The van der Waals surface area contributed by atoms with E-state index in [1.807, 2.05) is 19.1 Å². The number of nitriles is 1. The second-order valence-corrected chi connectivity index (χ2v) is 3.17. The first-order chi connectivity index (χ1) is 7.30. The van der Waals surface area contributed by atoms with Crippen molar-refractivity contribution in [1.29, 1.82) is 5.26 Å². The molecule has 0 aliphatic carbocycles. The molecule has 0 aliphatic rings. The van der Waals surface area contributed by atoms with Gasteiger partial charge < -0.3 is 0 Å². The fraction of sp³-hybridized carbons (Fsp3) is 0.333. The van der Waals surface area contributed by atoms with Gasteiger partial charge in [0, 0.05) is 12.7 Å². The number of aromatic nitrogens is 1. The van der Waals surface area contributed by atoms with Gasteiger partial charge >= 0.3 is 0 Å². The van der Waals surface area contributed by atoms with Gasteiger partial charge in [0.05, 0.1) is 6.04 Å². The molecule has 0 saturated carbocycles. The lowest BCUT2D eigenvalue weighted by Gasteiger charge is -2.10. The Labute approximate surface area is 90.1 Å². The molecular weight excluding hydrogens is 186 g/mol. The predicted octanol–water partition coefficient (Wildman–Crippen LogP) is 1.45. The van der Waals surface area contributed by atoms with E-state index in [2.05, 4.69) is 16.2 Å². The Hall–Kier alpha value is -1.84. The van der Waals surface area contributed by atoms with Crippen molar-refractivity contribution in [1.82, 2.24) is 10.3 Å². The van der Waals surface area contributed by atoms with Gasteiger partial charge in [-0.05, 0) is 24.1 Å². The highest BCUT2D eigenvalue weighted by atomic mass is 14.9. The SMILES string of the molecule is C#CC(CC)NCc1ccnc(C#N)c1. The van der Waals surface area contributed by atoms with Gasteiger partial charge in [-0.15, -0.1) is 6.42 Å². The molecule has 0 aromatic carbocycles. The Morgan fingerprint density at radius 1 is 1.67 bits per heavy atom. The molecule has 1 aromatic heterocycles. The molecule has 0 amide bonds. The van der Waals surface area contributed by atoms with Gasteiger partial charge in [0.25, 0.3) is 0 Å². The van der Waals surface area contributed by atoms with Crippen LogP contribution in [0.15, 0.2) is 18.3 Å². The number of nitrogens with one attached hydrogen (secondary N) is 1. The molecule has 1 aromatic rings. The third kappa shape index (κ3) is 3.42. The number of pyridine rings is 1. The summed E-state index contributed by atoms with van der Waals surface area (Å²) in [6, 6.07) is 5.72. The first-order valence-electron chi connectivity index (χ1n) is 4.84. The number of nitrogens with zero attached hydrogens (tertiary/aromatic N) is 2. The lowest BCUT2D eigenvalue weighted by molar-refractivity contribution is 0.592. The van der Waals surface area contributed by atoms with Crippen molar-refractivity contribution in [3.05, 3.63) is 29.6 Å². The maximum absolute atomic E-state index is 8.67. The number of hydrogen-bond donors (Lipinski definition) is 1. The molecule has 1 heterocycles. The number of hydrogen-bond acceptors (Lipinski definition) is 3. The van der Waals surface area contributed by atoms with Crippen molar-refractivity contribution in [2.75, 3.05) is 0 Å². The fourth-order valence-electron chi connectivity index (χ4n) is 1.21. The standard InChI is InChI=1S/C12H13N3/c1-3-11(4-2)15-9-10-5-6-14-12(7-10)8-13/h1,5-7,11,15H,4,9H2,2H3. The topological polar surface area (TPSA) is 48.7 Å². The second kappa shape index (κ2) is 5.80. The van der Waals surface area contributed by atoms with Crippen molar-refractivity contribution < 1.29 is 0 Å². The van der Waals surface area contributed by atoms with Crippen LogP contribution in [0.4, 0.5) is 0 Å². The Kier molecular flexibility index (Phi) is 4.34. The maximum atomic E-state index is 8.67. The predicted molar refractivity (Wildman–Crippen MR) is 58.7 cm³/mol. The van der Waals surface area contributed by atoms with Crippen LogP contribution in [0.5, 0.6) is 0 Å². The molecular formula is C12H13N3. The van der Waals surface area contributed by atoms with Gasteiger partial charge in [-0.25, -0.2) is 4.98 Å². The van der Waals surface area contributed by atoms with Crippen molar-refractivity contribution in [2.45, 2.75) is 25.9 Å². The van der Waals surface area contributed by atoms with Crippen LogP contribution in [-0.4, -0.2) is 11.0 Å². The molecule has 0 spiro atoms. The van der Waals surface area contributed by atoms with Crippen molar-refractivity contribution in [3.63, 3.8) is 0 Å². The molecule has 15 heavy (non-hydrogen) atoms. The summed E-state index contributed by atoms with van der Waals surface area (Å²) < 4.78 is 0. The summed E-state index contributed by atoms with van der Waals surface area (Å²) in [5.74, 6) is 2.66. The van der Waals surface area contributed by atoms with Gasteiger partial charge in [0.1, 0.15) is 11.8 Å². The molecule has 76 valence electrons. The van der Waals surface area contributed by atoms with Crippen LogP contribution in [0.2, 0.25) is 0 Å². The minimum atomic E-state index is 0.0868. The van der Waals surface area contributed by atoms with E-state index in [9.17, 15) is 0 Å². The zero-order chi connectivity index (χ0) is 11.1. The third-order valence-corrected chi connectivity index (χ3v) is 2.10. The van der Waals surface area contributed by atoms with Crippen molar-refractivity contribution >= 4 is 0 Å². The highest BCUT2D eigenvalue weighted by molar-refractivity contribution is 5.25. The fourth-order valence-corrected chi connectivity index (χ4v) is 1.21. The van der Waals surface area contributed by atoms with E-state index in [1.54, 1.807) is 12.3 Å². The van der Waals surface area contributed by atoms with Gasteiger partial charge in [-0.2, -0.15) is 5.26 Å². The summed E-state index contributed by atoms with van der Waals surface area (Å²) in [5.41, 5.74) is 1.46. The second-order valence-electron chi connectivity index (χ2n) is 3.17. The molecule has 1 unspecified atom stereocenters. The summed E-state index contributed by atoms with van der Waals surface area (Å²) in [5, 5.41) is 11.9. The first kappa shape index (κ1) is 11.2.